The zero-order chi connectivity index (χ0) is 19.9. The van der Waals surface area contributed by atoms with Crippen LogP contribution >= 0.6 is 0 Å². The fourth-order valence-corrected chi connectivity index (χ4v) is 3.43. The van der Waals surface area contributed by atoms with Crippen molar-refractivity contribution in [2.24, 2.45) is 4.99 Å². The van der Waals surface area contributed by atoms with Crippen LogP contribution in [0.25, 0.3) is 0 Å². The Morgan fingerprint density at radius 1 is 1.14 bits per heavy atom. The van der Waals surface area contributed by atoms with Crippen LogP contribution in [0.4, 0.5) is 0 Å². The van der Waals surface area contributed by atoms with Gasteiger partial charge >= 0.3 is 0 Å². The van der Waals surface area contributed by atoms with E-state index in [-0.39, 0.29) is 6.10 Å². The zero-order valence-corrected chi connectivity index (χ0v) is 17.0. The van der Waals surface area contributed by atoms with Gasteiger partial charge in [-0.05, 0) is 56.0 Å². The standard InChI is InChI=1S/C23H31N3O2/c1-4-24-23(25-14-19-13-18-7-5-6-8-21(18)19)26-15-22(27)17-9-11-20(12-10-17)28-16(2)3/h5-12,16,19,22,27H,4,13-15H2,1-3H3,(H2,24,25,26). The van der Waals surface area contributed by atoms with Crippen LogP contribution in [0.15, 0.2) is 53.5 Å². The predicted octanol–water partition coefficient (Wildman–Crippen LogP) is 3.40. The smallest absolute Gasteiger partial charge is 0.191 e. The molecule has 28 heavy (non-hydrogen) atoms. The molecular formula is C23H31N3O2. The van der Waals surface area contributed by atoms with E-state index in [4.69, 9.17) is 4.74 Å². The van der Waals surface area contributed by atoms with Crippen LogP contribution in [0.1, 0.15) is 49.5 Å². The van der Waals surface area contributed by atoms with Crippen molar-refractivity contribution in [2.45, 2.75) is 45.3 Å². The van der Waals surface area contributed by atoms with E-state index in [9.17, 15) is 5.11 Å². The van der Waals surface area contributed by atoms with Crippen LogP contribution in [0.3, 0.4) is 0 Å². The lowest BCUT2D eigenvalue weighted by molar-refractivity contribution is 0.186. The molecule has 0 bridgehead atoms. The molecule has 0 amide bonds. The Hall–Kier alpha value is -2.53. The highest BCUT2D eigenvalue weighted by Crippen LogP contribution is 2.33. The van der Waals surface area contributed by atoms with Gasteiger partial charge in [0.25, 0.3) is 0 Å². The number of ether oxygens (including phenoxy) is 1. The van der Waals surface area contributed by atoms with Gasteiger partial charge < -0.3 is 20.5 Å². The van der Waals surface area contributed by atoms with Gasteiger partial charge in [0.15, 0.2) is 5.96 Å². The Bertz CT molecular complexity index is 787. The Morgan fingerprint density at radius 3 is 2.57 bits per heavy atom. The third-order valence-electron chi connectivity index (χ3n) is 4.88. The largest absolute Gasteiger partial charge is 0.491 e. The first-order valence-electron chi connectivity index (χ1n) is 10.1. The van der Waals surface area contributed by atoms with Crippen molar-refractivity contribution in [2.75, 3.05) is 19.6 Å². The molecule has 2 atom stereocenters. The van der Waals surface area contributed by atoms with E-state index in [1.165, 1.54) is 11.1 Å². The average Bonchev–Trinajstić information content (AvgIpc) is 2.66. The maximum atomic E-state index is 10.5. The maximum absolute atomic E-state index is 10.5. The number of aliphatic hydroxyl groups excluding tert-OH is 1. The molecule has 0 aromatic heterocycles. The molecule has 0 spiro atoms. The number of aliphatic hydroxyl groups is 1. The summed E-state index contributed by atoms with van der Waals surface area (Å²) >= 11 is 0. The van der Waals surface area contributed by atoms with Gasteiger partial charge in [-0.3, -0.25) is 4.99 Å². The zero-order valence-electron chi connectivity index (χ0n) is 17.0. The van der Waals surface area contributed by atoms with E-state index in [1.807, 2.05) is 45.0 Å². The van der Waals surface area contributed by atoms with Crippen molar-refractivity contribution in [1.82, 2.24) is 10.6 Å². The lowest BCUT2D eigenvalue weighted by Crippen LogP contribution is -2.41. The first-order chi connectivity index (χ1) is 13.6. The number of nitrogens with one attached hydrogen (secondary N) is 2. The summed E-state index contributed by atoms with van der Waals surface area (Å²) in [7, 11) is 0. The van der Waals surface area contributed by atoms with E-state index in [0.29, 0.717) is 12.5 Å². The molecule has 1 aliphatic rings. The molecule has 2 unspecified atom stereocenters. The second-order valence-electron chi connectivity index (χ2n) is 7.45. The molecule has 0 saturated heterocycles. The molecule has 0 radical (unpaired) electrons. The van der Waals surface area contributed by atoms with Crippen LogP contribution in [-0.2, 0) is 6.42 Å². The number of fused-ring (bicyclic) bond motifs is 1. The van der Waals surface area contributed by atoms with E-state index in [2.05, 4.69) is 39.9 Å². The van der Waals surface area contributed by atoms with Crippen molar-refractivity contribution in [3.8, 4) is 5.75 Å². The first kappa shape index (κ1) is 20.2. The van der Waals surface area contributed by atoms with Crippen molar-refractivity contribution in [3.63, 3.8) is 0 Å². The third-order valence-corrected chi connectivity index (χ3v) is 4.88. The maximum Gasteiger partial charge on any atom is 0.191 e. The minimum Gasteiger partial charge on any atom is -0.491 e. The lowest BCUT2D eigenvalue weighted by Gasteiger charge is -2.30. The molecule has 5 heteroatoms. The van der Waals surface area contributed by atoms with Crippen molar-refractivity contribution in [3.05, 3.63) is 65.2 Å². The summed E-state index contributed by atoms with van der Waals surface area (Å²) in [4.78, 5) is 4.56. The minimum absolute atomic E-state index is 0.136. The van der Waals surface area contributed by atoms with Crippen LogP contribution in [-0.4, -0.2) is 36.8 Å². The fourth-order valence-electron chi connectivity index (χ4n) is 3.43. The molecule has 0 heterocycles. The van der Waals surface area contributed by atoms with E-state index >= 15 is 0 Å². The normalized spacial score (nSPS) is 16.9. The molecule has 0 fully saturated rings. The topological polar surface area (TPSA) is 65.9 Å². The SMILES string of the molecule is CCNC(=NCC(O)c1ccc(OC(C)C)cc1)NCC1Cc2ccccc21. The first-order valence-corrected chi connectivity index (χ1v) is 10.1. The van der Waals surface area contributed by atoms with Crippen LogP contribution in [0.5, 0.6) is 5.75 Å². The summed E-state index contributed by atoms with van der Waals surface area (Å²) in [5, 5.41) is 17.1. The van der Waals surface area contributed by atoms with Gasteiger partial charge in [0, 0.05) is 19.0 Å². The van der Waals surface area contributed by atoms with E-state index in [1.54, 1.807) is 0 Å². The molecule has 3 N–H and O–H groups in total. The van der Waals surface area contributed by atoms with E-state index < -0.39 is 6.10 Å². The second kappa shape index (κ2) is 9.60. The van der Waals surface area contributed by atoms with Gasteiger partial charge in [0.05, 0.1) is 18.8 Å². The number of guanidine groups is 1. The summed E-state index contributed by atoms with van der Waals surface area (Å²) in [6, 6.07) is 16.1. The van der Waals surface area contributed by atoms with E-state index in [0.717, 1.165) is 36.8 Å². The number of aliphatic imine (C=N–C) groups is 1. The van der Waals surface area contributed by atoms with Gasteiger partial charge in [0.1, 0.15) is 5.75 Å². The average molecular weight is 382 g/mol. The third kappa shape index (κ3) is 5.26. The Kier molecular flexibility index (Phi) is 6.93. The lowest BCUT2D eigenvalue weighted by atomic mass is 9.78. The van der Waals surface area contributed by atoms with Gasteiger partial charge in [-0.2, -0.15) is 0 Å². The number of hydrogen-bond donors (Lipinski definition) is 3. The highest BCUT2D eigenvalue weighted by Gasteiger charge is 2.25. The van der Waals surface area contributed by atoms with Crippen LogP contribution in [0.2, 0.25) is 0 Å². The molecule has 0 aliphatic heterocycles. The summed E-state index contributed by atoms with van der Waals surface area (Å²) in [5.74, 6) is 2.08. The highest BCUT2D eigenvalue weighted by molar-refractivity contribution is 5.79. The minimum atomic E-state index is -0.645. The van der Waals surface area contributed by atoms with Crippen molar-refractivity contribution >= 4 is 5.96 Å². The summed E-state index contributed by atoms with van der Waals surface area (Å²) < 4.78 is 5.65. The van der Waals surface area contributed by atoms with Crippen LogP contribution < -0.4 is 15.4 Å². The summed E-state index contributed by atoms with van der Waals surface area (Å²) in [6.07, 6.45) is 0.598. The fraction of sp³-hybridized carbons (Fsp3) is 0.435. The van der Waals surface area contributed by atoms with Crippen LogP contribution in [0, 0.1) is 0 Å². The second-order valence-corrected chi connectivity index (χ2v) is 7.45. The summed E-state index contributed by atoms with van der Waals surface area (Å²) in [5.41, 5.74) is 3.70. The Labute approximate surface area is 167 Å². The molecule has 2 aromatic rings. The molecule has 150 valence electrons. The number of nitrogens with zero attached hydrogens (tertiary/aromatic N) is 1. The number of benzene rings is 2. The Morgan fingerprint density at radius 2 is 1.89 bits per heavy atom. The number of rotatable bonds is 8. The Balaban J connectivity index is 1.53. The monoisotopic (exact) mass is 381 g/mol. The molecule has 1 aliphatic carbocycles. The molecule has 0 saturated carbocycles. The van der Waals surface area contributed by atoms with Crippen molar-refractivity contribution in [1.29, 1.82) is 0 Å². The van der Waals surface area contributed by atoms with Crippen molar-refractivity contribution < 1.29 is 9.84 Å². The number of hydrogen-bond acceptors (Lipinski definition) is 3. The van der Waals surface area contributed by atoms with Gasteiger partial charge in [-0.15, -0.1) is 0 Å². The molecular weight excluding hydrogens is 350 g/mol. The van der Waals surface area contributed by atoms with Gasteiger partial charge in [-0.1, -0.05) is 36.4 Å². The van der Waals surface area contributed by atoms with Gasteiger partial charge in [-0.25, -0.2) is 0 Å². The quantitative estimate of drug-likeness (QED) is 0.484. The predicted molar refractivity (Wildman–Crippen MR) is 114 cm³/mol. The summed E-state index contributed by atoms with van der Waals surface area (Å²) in [6.45, 7) is 7.97. The molecule has 5 nitrogen and oxygen atoms in total. The highest BCUT2D eigenvalue weighted by atomic mass is 16.5. The van der Waals surface area contributed by atoms with Gasteiger partial charge in [0.2, 0.25) is 0 Å². The molecule has 3 rings (SSSR count). The molecule has 2 aromatic carbocycles.